The highest BCUT2D eigenvalue weighted by Gasteiger charge is 2.20. The standard InChI is InChI=1S/C48H34Cl4N4/c49-25-29-1-9-33(10-2-29)45-37-17-19-39(53-37)46(34-11-3-30(26-50)4-12-34)41-21-23-43(55-41)48(36-15-7-32(28-52)8-16-36)44-24-22-42(56-44)47(40-20-18-38(45)54-40)35-13-5-31(27-51)6-14-35/h1-24,53-54H,25-28H2. The summed E-state index contributed by atoms with van der Waals surface area (Å²) >= 11 is 24.9. The van der Waals surface area contributed by atoms with Crippen LogP contribution in [-0.4, -0.2) is 19.9 Å². The molecule has 0 saturated carbocycles. The summed E-state index contributed by atoms with van der Waals surface area (Å²) in [5.41, 5.74) is 19.3. The maximum absolute atomic E-state index is 6.23. The second-order valence-corrected chi connectivity index (χ2v) is 14.9. The fourth-order valence-electron chi connectivity index (χ4n) is 7.46. The summed E-state index contributed by atoms with van der Waals surface area (Å²) in [5, 5.41) is 0. The summed E-state index contributed by atoms with van der Waals surface area (Å²) in [7, 11) is 0. The van der Waals surface area contributed by atoms with Gasteiger partial charge in [0.2, 0.25) is 0 Å². The lowest BCUT2D eigenvalue weighted by Crippen LogP contribution is -1.92. The van der Waals surface area contributed by atoms with Crippen LogP contribution in [0.3, 0.4) is 0 Å². The van der Waals surface area contributed by atoms with Gasteiger partial charge in [0.1, 0.15) is 0 Å². The van der Waals surface area contributed by atoms with Crippen LogP contribution in [0.25, 0.3) is 90.9 Å². The molecule has 8 bridgehead atoms. The quantitative estimate of drug-likeness (QED) is 0.150. The lowest BCUT2D eigenvalue weighted by molar-refractivity contribution is 1.27. The molecule has 4 nitrogen and oxygen atoms in total. The minimum Gasteiger partial charge on any atom is -0.354 e. The number of halogens is 4. The Labute approximate surface area is 345 Å². The van der Waals surface area contributed by atoms with E-state index in [-0.39, 0.29) is 0 Å². The number of nitrogens with one attached hydrogen (secondary N) is 2. The van der Waals surface area contributed by atoms with Gasteiger partial charge in [-0.1, -0.05) is 97.1 Å². The van der Waals surface area contributed by atoms with Crippen LogP contribution in [0.15, 0.2) is 121 Å². The van der Waals surface area contributed by atoms with Gasteiger partial charge in [0.25, 0.3) is 0 Å². The summed E-state index contributed by atoms with van der Waals surface area (Å²) in [6.45, 7) is 0. The van der Waals surface area contributed by atoms with Gasteiger partial charge < -0.3 is 9.97 Å². The number of aromatic nitrogens is 4. The monoisotopic (exact) mass is 806 g/mol. The van der Waals surface area contributed by atoms with E-state index >= 15 is 0 Å². The molecule has 0 amide bonds. The summed E-state index contributed by atoms with van der Waals surface area (Å²) in [5.74, 6) is 1.75. The highest BCUT2D eigenvalue weighted by Crippen LogP contribution is 2.39. The maximum atomic E-state index is 6.23. The van der Waals surface area contributed by atoms with Crippen molar-refractivity contribution in [3.8, 4) is 44.5 Å². The van der Waals surface area contributed by atoms with Gasteiger partial charge in [0.05, 0.1) is 22.8 Å². The van der Waals surface area contributed by atoms with Crippen LogP contribution in [0.2, 0.25) is 0 Å². The second-order valence-electron chi connectivity index (χ2n) is 13.8. The summed E-state index contributed by atoms with van der Waals surface area (Å²) < 4.78 is 0. The number of hydrogen-bond donors (Lipinski definition) is 2. The number of nitrogens with zero attached hydrogens (tertiary/aromatic N) is 2. The zero-order valence-electron chi connectivity index (χ0n) is 30.1. The third-order valence-electron chi connectivity index (χ3n) is 10.3. The van der Waals surface area contributed by atoms with Crippen LogP contribution >= 0.6 is 46.4 Å². The van der Waals surface area contributed by atoms with Gasteiger partial charge in [-0.25, -0.2) is 9.97 Å². The average Bonchev–Trinajstić information content (AvgIpc) is 4.10. The molecule has 0 radical (unpaired) electrons. The highest BCUT2D eigenvalue weighted by molar-refractivity contribution is 6.18. The molecule has 2 N–H and O–H groups in total. The zero-order chi connectivity index (χ0) is 38.2. The molecule has 0 spiro atoms. The van der Waals surface area contributed by atoms with Gasteiger partial charge in [-0.15, -0.1) is 46.4 Å². The smallest absolute Gasteiger partial charge is 0.0738 e. The van der Waals surface area contributed by atoms with Crippen molar-refractivity contribution in [2.24, 2.45) is 0 Å². The van der Waals surface area contributed by atoms with Gasteiger partial charge in [0, 0.05) is 67.8 Å². The first-order chi connectivity index (χ1) is 27.5. The van der Waals surface area contributed by atoms with Crippen molar-refractivity contribution in [3.63, 3.8) is 0 Å². The van der Waals surface area contributed by atoms with Crippen LogP contribution in [0.1, 0.15) is 45.0 Å². The zero-order valence-corrected chi connectivity index (χ0v) is 33.1. The van der Waals surface area contributed by atoms with E-state index in [1.807, 2.05) is 0 Å². The van der Waals surface area contributed by atoms with Gasteiger partial charge in [0.15, 0.2) is 0 Å². The van der Waals surface area contributed by atoms with E-state index < -0.39 is 0 Å². The molecule has 3 aromatic heterocycles. The Hall–Kier alpha value is -5.36. The number of H-pyrrole nitrogens is 2. The number of rotatable bonds is 8. The van der Waals surface area contributed by atoms with Crippen LogP contribution in [-0.2, 0) is 23.5 Å². The molecule has 2 aliphatic rings. The lowest BCUT2D eigenvalue weighted by Gasteiger charge is -2.08. The van der Waals surface area contributed by atoms with E-state index in [9.17, 15) is 0 Å². The molecule has 0 fully saturated rings. The Bertz CT molecular complexity index is 2670. The Morgan fingerprint density at radius 1 is 0.304 bits per heavy atom. The van der Waals surface area contributed by atoms with Crippen molar-refractivity contribution in [1.82, 2.24) is 19.9 Å². The molecule has 4 aromatic carbocycles. The first-order valence-electron chi connectivity index (χ1n) is 18.3. The van der Waals surface area contributed by atoms with Crippen LogP contribution in [0.4, 0.5) is 0 Å². The van der Waals surface area contributed by atoms with E-state index in [1.165, 1.54) is 0 Å². The maximum Gasteiger partial charge on any atom is 0.0738 e. The topological polar surface area (TPSA) is 57.4 Å². The van der Waals surface area contributed by atoms with E-state index in [0.717, 1.165) is 112 Å². The molecule has 0 saturated heterocycles. The van der Waals surface area contributed by atoms with Crippen LogP contribution < -0.4 is 0 Å². The number of fused-ring (bicyclic) bond motifs is 8. The Kier molecular flexibility index (Phi) is 10.1. The van der Waals surface area contributed by atoms with Crippen molar-refractivity contribution < 1.29 is 0 Å². The Morgan fingerprint density at radius 2 is 0.554 bits per heavy atom. The molecule has 0 aliphatic carbocycles. The summed E-state index contributed by atoms with van der Waals surface area (Å²) in [6.07, 6.45) is 8.37. The molecule has 8 heteroatoms. The Morgan fingerprint density at radius 3 is 0.857 bits per heavy atom. The molecule has 2 aliphatic heterocycles. The summed E-state index contributed by atoms with van der Waals surface area (Å²) in [6, 6.07) is 42.1. The van der Waals surface area contributed by atoms with E-state index in [2.05, 4.69) is 156 Å². The number of hydrogen-bond acceptors (Lipinski definition) is 2. The molecule has 0 atom stereocenters. The van der Waals surface area contributed by atoms with Crippen LogP contribution in [0.5, 0.6) is 0 Å². The molecule has 9 rings (SSSR count). The fourth-order valence-corrected chi connectivity index (χ4v) is 8.18. The molecule has 5 heterocycles. The largest absolute Gasteiger partial charge is 0.354 e. The summed E-state index contributed by atoms with van der Waals surface area (Å²) in [4.78, 5) is 18.4. The first-order valence-corrected chi connectivity index (χ1v) is 20.4. The van der Waals surface area contributed by atoms with E-state index in [4.69, 9.17) is 56.4 Å². The van der Waals surface area contributed by atoms with Crippen molar-refractivity contribution in [3.05, 3.63) is 166 Å². The molecular weight excluding hydrogens is 774 g/mol. The van der Waals surface area contributed by atoms with Gasteiger partial charge in [-0.05, 0) is 93.1 Å². The predicted octanol–water partition coefficient (Wildman–Crippen LogP) is 14.3. The molecule has 0 unspecified atom stereocenters. The van der Waals surface area contributed by atoms with Crippen molar-refractivity contribution in [1.29, 1.82) is 0 Å². The van der Waals surface area contributed by atoms with Crippen molar-refractivity contribution >= 4 is 92.8 Å². The molecular formula is C48H34Cl4N4. The lowest BCUT2D eigenvalue weighted by atomic mass is 10.0. The van der Waals surface area contributed by atoms with Crippen LogP contribution in [0, 0.1) is 0 Å². The number of alkyl halides is 4. The molecule has 274 valence electrons. The first kappa shape index (κ1) is 36.3. The third kappa shape index (κ3) is 6.88. The van der Waals surface area contributed by atoms with Gasteiger partial charge >= 0.3 is 0 Å². The van der Waals surface area contributed by atoms with E-state index in [0.29, 0.717) is 23.5 Å². The number of aromatic amines is 2. The van der Waals surface area contributed by atoms with Crippen molar-refractivity contribution in [2.45, 2.75) is 23.5 Å². The SMILES string of the molecule is ClCc1ccc(-c2c3nc(c(-c4ccc(CCl)cc4)c4ccc([nH]4)c(-c4ccc(CCl)cc4)c4ccc([nH]4)c(-c4ccc(CCl)cc4)c4nc2C=C4)C=C3)cc1. The normalized spacial score (nSPS) is 12.1. The van der Waals surface area contributed by atoms with E-state index in [1.54, 1.807) is 0 Å². The van der Waals surface area contributed by atoms with Gasteiger partial charge in [-0.3, -0.25) is 0 Å². The fraction of sp³-hybridized carbons (Fsp3) is 0.0833. The Balaban J connectivity index is 1.44. The second kappa shape index (κ2) is 15.6. The molecule has 7 aromatic rings. The minimum absolute atomic E-state index is 0.433. The number of benzene rings is 4. The van der Waals surface area contributed by atoms with Gasteiger partial charge in [-0.2, -0.15) is 0 Å². The molecule has 56 heavy (non-hydrogen) atoms. The average molecular weight is 809 g/mol. The third-order valence-corrected chi connectivity index (χ3v) is 11.6. The minimum atomic E-state index is 0.433. The predicted molar refractivity (Wildman–Crippen MR) is 239 cm³/mol. The van der Waals surface area contributed by atoms with Crippen molar-refractivity contribution in [2.75, 3.05) is 0 Å². The highest BCUT2D eigenvalue weighted by atomic mass is 35.5.